The van der Waals surface area contributed by atoms with Crippen LogP contribution in [0.4, 0.5) is 4.39 Å². The molecular weight excluding hydrogens is 399 g/mol. The lowest BCUT2D eigenvalue weighted by atomic mass is 10.0. The highest BCUT2D eigenvalue weighted by Crippen LogP contribution is 2.24. The molecule has 1 N–H and O–H groups in total. The number of aromatic amines is 1. The van der Waals surface area contributed by atoms with Gasteiger partial charge < -0.3 is 9.80 Å². The number of nitrogens with zero attached hydrogens (tertiary/aromatic N) is 5. The number of benzene rings is 1. The summed E-state index contributed by atoms with van der Waals surface area (Å²) in [4.78, 5) is 33.8. The summed E-state index contributed by atoms with van der Waals surface area (Å²) in [5.41, 5.74) is 1.26. The van der Waals surface area contributed by atoms with Crippen molar-refractivity contribution in [2.45, 2.75) is 6.92 Å². The standard InChI is InChI=1S/C22H21FN6O2/c1-14-9-16(11-24)19(23)10-17(14)18-13-26-29(22(18)31)20-4-3-15(12-25-20)21(30)28-7-5-27(2)6-8-28/h3-4,9-10,12-13,26H,5-8H2,1-2H3. The second-order valence-corrected chi connectivity index (χ2v) is 7.59. The fourth-order valence-electron chi connectivity index (χ4n) is 3.63. The molecular formula is C22H21FN6O2. The lowest BCUT2D eigenvalue weighted by molar-refractivity contribution is 0.0663. The second kappa shape index (κ2) is 8.16. The van der Waals surface area contributed by atoms with Crippen LogP contribution in [0.25, 0.3) is 16.9 Å². The van der Waals surface area contributed by atoms with Crippen LogP contribution >= 0.6 is 0 Å². The molecule has 1 saturated heterocycles. The van der Waals surface area contributed by atoms with E-state index in [9.17, 15) is 14.0 Å². The maximum atomic E-state index is 14.1. The van der Waals surface area contributed by atoms with Crippen molar-refractivity contribution in [2.24, 2.45) is 0 Å². The average Bonchev–Trinajstić information content (AvgIpc) is 3.16. The Balaban J connectivity index is 1.60. The number of aromatic nitrogens is 3. The topological polar surface area (TPSA) is 98.0 Å². The third kappa shape index (κ3) is 3.85. The van der Waals surface area contributed by atoms with E-state index < -0.39 is 11.4 Å². The molecule has 1 aliphatic heterocycles. The van der Waals surface area contributed by atoms with Gasteiger partial charge in [0.1, 0.15) is 11.9 Å². The van der Waals surface area contributed by atoms with Crippen LogP contribution in [0.5, 0.6) is 0 Å². The monoisotopic (exact) mass is 420 g/mol. The number of hydrogen-bond acceptors (Lipinski definition) is 5. The number of likely N-dealkylation sites (N-methyl/N-ethyl adjacent to an activating group) is 1. The maximum absolute atomic E-state index is 14.1. The van der Waals surface area contributed by atoms with Crippen molar-refractivity contribution in [1.82, 2.24) is 24.6 Å². The van der Waals surface area contributed by atoms with Crippen molar-refractivity contribution in [3.8, 4) is 23.0 Å². The number of pyridine rings is 1. The van der Waals surface area contributed by atoms with E-state index in [2.05, 4.69) is 15.0 Å². The Hall–Kier alpha value is -3.77. The number of amides is 1. The van der Waals surface area contributed by atoms with Gasteiger partial charge in [0.05, 0.1) is 16.7 Å². The molecule has 0 saturated carbocycles. The quantitative estimate of drug-likeness (QED) is 0.698. The molecule has 0 radical (unpaired) electrons. The molecule has 31 heavy (non-hydrogen) atoms. The number of piperazine rings is 1. The molecule has 158 valence electrons. The lowest BCUT2D eigenvalue weighted by Crippen LogP contribution is -2.47. The Labute approximate surface area is 178 Å². The third-order valence-electron chi connectivity index (χ3n) is 5.51. The molecule has 8 nitrogen and oxygen atoms in total. The molecule has 1 aliphatic rings. The smallest absolute Gasteiger partial charge is 0.280 e. The highest BCUT2D eigenvalue weighted by atomic mass is 19.1. The predicted molar refractivity (Wildman–Crippen MR) is 112 cm³/mol. The van der Waals surface area contributed by atoms with Gasteiger partial charge in [-0.25, -0.2) is 14.1 Å². The minimum Gasteiger partial charge on any atom is -0.336 e. The third-order valence-corrected chi connectivity index (χ3v) is 5.51. The molecule has 2 aromatic heterocycles. The van der Waals surface area contributed by atoms with Gasteiger partial charge in [-0.3, -0.25) is 14.7 Å². The summed E-state index contributed by atoms with van der Waals surface area (Å²) in [6, 6.07) is 7.63. The number of aryl methyl sites for hydroxylation is 1. The van der Waals surface area contributed by atoms with Crippen molar-refractivity contribution in [3.05, 3.63) is 69.5 Å². The molecule has 0 bridgehead atoms. The largest absolute Gasteiger partial charge is 0.336 e. The van der Waals surface area contributed by atoms with Crippen LogP contribution < -0.4 is 5.56 Å². The summed E-state index contributed by atoms with van der Waals surface area (Å²) < 4.78 is 15.3. The van der Waals surface area contributed by atoms with E-state index in [0.717, 1.165) is 13.1 Å². The first kappa shape index (κ1) is 20.5. The van der Waals surface area contributed by atoms with Gasteiger partial charge in [-0.05, 0) is 49.4 Å². The first-order valence-corrected chi connectivity index (χ1v) is 9.84. The second-order valence-electron chi connectivity index (χ2n) is 7.59. The van der Waals surface area contributed by atoms with Gasteiger partial charge in [0.15, 0.2) is 5.82 Å². The molecule has 0 unspecified atom stereocenters. The molecule has 1 fully saturated rings. The van der Waals surface area contributed by atoms with E-state index in [4.69, 9.17) is 5.26 Å². The van der Waals surface area contributed by atoms with E-state index in [1.165, 1.54) is 29.2 Å². The average molecular weight is 420 g/mol. The van der Waals surface area contributed by atoms with Crippen LogP contribution in [-0.4, -0.2) is 63.7 Å². The zero-order chi connectivity index (χ0) is 22.1. The summed E-state index contributed by atoms with van der Waals surface area (Å²) in [6.45, 7) is 4.69. The molecule has 3 aromatic rings. The van der Waals surface area contributed by atoms with E-state index in [-0.39, 0.29) is 17.0 Å². The number of nitrogens with one attached hydrogen (secondary N) is 1. The van der Waals surface area contributed by atoms with E-state index in [1.54, 1.807) is 30.0 Å². The van der Waals surface area contributed by atoms with Crippen molar-refractivity contribution in [1.29, 1.82) is 5.26 Å². The maximum Gasteiger partial charge on any atom is 0.280 e. The van der Waals surface area contributed by atoms with Crippen LogP contribution in [0.2, 0.25) is 0 Å². The summed E-state index contributed by atoms with van der Waals surface area (Å²) in [5, 5.41) is 11.8. The van der Waals surface area contributed by atoms with Crippen LogP contribution in [-0.2, 0) is 0 Å². The number of carbonyl (C=O) groups is 1. The zero-order valence-electron chi connectivity index (χ0n) is 17.2. The molecule has 0 spiro atoms. The normalized spacial score (nSPS) is 14.5. The number of H-pyrrole nitrogens is 1. The first-order chi connectivity index (χ1) is 14.9. The van der Waals surface area contributed by atoms with Crippen LogP contribution in [0.15, 0.2) is 41.5 Å². The molecule has 3 heterocycles. The lowest BCUT2D eigenvalue weighted by Gasteiger charge is -2.32. The van der Waals surface area contributed by atoms with Gasteiger partial charge >= 0.3 is 0 Å². The van der Waals surface area contributed by atoms with Gasteiger partial charge in [-0.2, -0.15) is 5.26 Å². The fourth-order valence-corrected chi connectivity index (χ4v) is 3.63. The summed E-state index contributed by atoms with van der Waals surface area (Å²) >= 11 is 0. The molecule has 4 rings (SSSR count). The SMILES string of the molecule is Cc1cc(C#N)c(F)cc1-c1c[nH]n(-c2ccc(C(=O)N3CCN(C)CC3)cn2)c1=O. The minimum atomic E-state index is -0.680. The highest BCUT2D eigenvalue weighted by molar-refractivity contribution is 5.94. The van der Waals surface area contributed by atoms with E-state index in [1.807, 2.05) is 7.05 Å². The van der Waals surface area contributed by atoms with Gasteiger partial charge in [0.2, 0.25) is 0 Å². The Morgan fingerprint density at radius 1 is 1.19 bits per heavy atom. The molecule has 0 aliphatic carbocycles. The highest BCUT2D eigenvalue weighted by Gasteiger charge is 2.21. The van der Waals surface area contributed by atoms with Crippen LogP contribution in [0.1, 0.15) is 21.5 Å². The Bertz CT molecular complexity index is 1230. The van der Waals surface area contributed by atoms with Gasteiger partial charge in [-0.1, -0.05) is 0 Å². The Kier molecular flexibility index (Phi) is 5.40. The first-order valence-electron chi connectivity index (χ1n) is 9.84. The Morgan fingerprint density at radius 3 is 2.58 bits per heavy atom. The molecule has 0 atom stereocenters. The minimum absolute atomic E-state index is 0.0700. The van der Waals surface area contributed by atoms with Crippen LogP contribution in [0, 0.1) is 24.1 Å². The number of rotatable bonds is 3. The predicted octanol–water partition coefficient (Wildman–Crippen LogP) is 1.93. The van der Waals surface area contributed by atoms with Crippen molar-refractivity contribution >= 4 is 5.91 Å². The number of hydrogen-bond donors (Lipinski definition) is 1. The van der Waals surface area contributed by atoms with Crippen molar-refractivity contribution in [2.75, 3.05) is 33.2 Å². The van der Waals surface area contributed by atoms with E-state index in [0.29, 0.717) is 35.6 Å². The van der Waals surface area contributed by atoms with Gasteiger partial charge in [0.25, 0.3) is 11.5 Å². The number of carbonyl (C=O) groups excluding carboxylic acids is 1. The number of nitriles is 1. The molecule has 1 amide bonds. The Morgan fingerprint density at radius 2 is 1.94 bits per heavy atom. The summed E-state index contributed by atoms with van der Waals surface area (Å²) in [5.74, 6) is -0.451. The molecule has 1 aromatic carbocycles. The zero-order valence-corrected chi connectivity index (χ0v) is 17.2. The van der Waals surface area contributed by atoms with Gasteiger partial charge in [0, 0.05) is 38.6 Å². The van der Waals surface area contributed by atoms with Gasteiger partial charge in [-0.15, -0.1) is 0 Å². The van der Waals surface area contributed by atoms with E-state index >= 15 is 0 Å². The number of halogens is 1. The summed E-state index contributed by atoms with van der Waals surface area (Å²) in [7, 11) is 2.02. The molecule has 9 heteroatoms. The van der Waals surface area contributed by atoms with Crippen molar-refractivity contribution in [3.63, 3.8) is 0 Å². The summed E-state index contributed by atoms with van der Waals surface area (Å²) in [6.07, 6.45) is 2.93. The van der Waals surface area contributed by atoms with Crippen molar-refractivity contribution < 1.29 is 9.18 Å². The fraction of sp³-hybridized carbons (Fsp3) is 0.273. The van der Waals surface area contributed by atoms with Crippen LogP contribution in [0.3, 0.4) is 0 Å².